The lowest BCUT2D eigenvalue weighted by molar-refractivity contribution is -0.127. The molecule has 3 rings (SSSR count). The lowest BCUT2D eigenvalue weighted by Crippen LogP contribution is -2.33. The Kier molecular flexibility index (Phi) is 4.89. The van der Waals surface area contributed by atoms with Gasteiger partial charge in [0, 0.05) is 17.1 Å². The minimum absolute atomic E-state index is 0.0895. The van der Waals surface area contributed by atoms with Crippen LogP contribution in [0.5, 0.6) is 11.5 Å². The van der Waals surface area contributed by atoms with Crippen LogP contribution in [0.25, 0.3) is 10.9 Å². The Bertz CT molecular complexity index is 919. The number of benzene rings is 2. The second-order valence-electron chi connectivity index (χ2n) is 5.38. The molecule has 0 saturated carbocycles. The summed E-state index contributed by atoms with van der Waals surface area (Å²) in [7, 11) is 0. The molecule has 25 heavy (non-hydrogen) atoms. The maximum atomic E-state index is 12.1. The lowest BCUT2D eigenvalue weighted by Gasteiger charge is -2.14. The van der Waals surface area contributed by atoms with E-state index in [4.69, 9.17) is 4.74 Å². The number of aromatic hydroxyl groups is 1. The van der Waals surface area contributed by atoms with Crippen LogP contribution in [-0.2, 0) is 4.79 Å². The Morgan fingerprint density at radius 2 is 2.00 bits per heavy atom. The van der Waals surface area contributed by atoms with Crippen molar-refractivity contribution in [1.29, 1.82) is 0 Å². The minimum atomic E-state index is -0.755. The molecule has 6 heteroatoms. The SMILES string of the molecule is CC(Oc1cccc2cccnc12)C(=O)N/N=C/c1ccccc1O. The Balaban J connectivity index is 1.65. The zero-order valence-electron chi connectivity index (χ0n) is 13.6. The molecule has 3 aromatic rings. The topological polar surface area (TPSA) is 83.8 Å². The van der Waals surface area contributed by atoms with E-state index in [9.17, 15) is 9.90 Å². The van der Waals surface area contributed by atoms with E-state index in [1.165, 1.54) is 6.21 Å². The van der Waals surface area contributed by atoms with Crippen molar-refractivity contribution in [2.45, 2.75) is 13.0 Å². The van der Waals surface area contributed by atoms with Crippen molar-refractivity contribution >= 4 is 23.0 Å². The van der Waals surface area contributed by atoms with Gasteiger partial charge in [0.25, 0.3) is 5.91 Å². The molecular weight excluding hydrogens is 318 g/mol. The molecule has 1 atom stereocenters. The summed E-state index contributed by atoms with van der Waals surface area (Å²) in [6.07, 6.45) is 2.30. The van der Waals surface area contributed by atoms with Crippen LogP contribution in [0.2, 0.25) is 0 Å². The molecule has 0 spiro atoms. The van der Waals surface area contributed by atoms with Crippen LogP contribution in [0.4, 0.5) is 0 Å². The van der Waals surface area contributed by atoms with Crippen LogP contribution < -0.4 is 10.2 Å². The van der Waals surface area contributed by atoms with E-state index in [1.54, 1.807) is 43.5 Å². The van der Waals surface area contributed by atoms with Gasteiger partial charge >= 0.3 is 0 Å². The standard InChI is InChI=1S/C19H17N3O3/c1-13(19(24)22-21-12-15-6-2-3-9-16(15)23)25-17-10-4-7-14-8-5-11-20-18(14)17/h2-13,23H,1H3,(H,22,24)/b21-12+. The normalized spacial score (nSPS) is 12.2. The van der Waals surface area contributed by atoms with Crippen molar-refractivity contribution in [3.8, 4) is 11.5 Å². The molecule has 1 aromatic heterocycles. The van der Waals surface area contributed by atoms with Crippen LogP contribution in [0.3, 0.4) is 0 Å². The second kappa shape index (κ2) is 7.44. The van der Waals surface area contributed by atoms with Gasteiger partial charge in [-0.2, -0.15) is 5.10 Å². The first-order valence-electron chi connectivity index (χ1n) is 7.76. The summed E-state index contributed by atoms with van der Waals surface area (Å²) in [5.74, 6) is 0.219. The minimum Gasteiger partial charge on any atom is -0.507 e. The summed E-state index contributed by atoms with van der Waals surface area (Å²) in [4.78, 5) is 16.4. The molecular formula is C19H17N3O3. The van der Waals surface area contributed by atoms with Crippen LogP contribution >= 0.6 is 0 Å². The smallest absolute Gasteiger partial charge is 0.280 e. The number of hydrazone groups is 1. The van der Waals surface area contributed by atoms with Crippen molar-refractivity contribution in [1.82, 2.24) is 10.4 Å². The number of carbonyl (C=O) groups excluding carboxylic acids is 1. The number of nitrogens with one attached hydrogen (secondary N) is 1. The summed E-state index contributed by atoms with van der Waals surface area (Å²) >= 11 is 0. The highest BCUT2D eigenvalue weighted by atomic mass is 16.5. The van der Waals surface area contributed by atoms with Crippen LogP contribution in [0.1, 0.15) is 12.5 Å². The van der Waals surface area contributed by atoms with Crippen molar-refractivity contribution in [2.24, 2.45) is 5.10 Å². The van der Waals surface area contributed by atoms with E-state index in [-0.39, 0.29) is 5.75 Å². The molecule has 1 heterocycles. The molecule has 2 aromatic carbocycles. The number of pyridine rings is 1. The highest BCUT2D eigenvalue weighted by molar-refractivity contribution is 5.87. The molecule has 2 N–H and O–H groups in total. The summed E-state index contributed by atoms with van der Waals surface area (Å²) < 4.78 is 5.72. The second-order valence-corrected chi connectivity index (χ2v) is 5.38. The largest absolute Gasteiger partial charge is 0.507 e. The zero-order chi connectivity index (χ0) is 17.6. The lowest BCUT2D eigenvalue weighted by atomic mass is 10.2. The fourth-order valence-electron chi connectivity index (χ4n) is 2.27. The zero-order valence-corrected chi connectivity index (χ0v) is 13.6. The number of hydrogen-bond acceptors (Lipinski definition) is 5. The highest BCUT2D eigenvalue weighted by Crippen LogP contribution is 2.23. The molecule has 0 aliphatic carbocycles. The van der Waals surface area contributed by atoms with Crippen LogP contribution in [-0.4, -0.2) is 28.3 Å². The maximum absolute atomic E-state index is 12.1. The molecule has 0 bridgehead atoms. The predicted octanol–water partition coefficient (Wildman–Crippen LogP) is 2.86. The third kappa shape index (κ3) is 3.92. The van der Waals surface area contributed by atoms with Gasteiger partial charge in [0.15, 0.2) is 6.10 Å². The third-order valence-electron chi connectivity index (χ3n) is 3.58. The van der Waals surface area contributed by atoms with Gasteiger partial charge in [-0.3, -0.25) is 9.78 Å². The summed E-state index contributed by atoms with van der Waals surface area (Å²) in [6.45, 7) is 1.63. The molecule has 6 nitrogen and oxygen atoms in total. The maximum Gasteiger partial charge on any atom is 0.280 e. The van der Waals surface area contributed by atoms with E-state index in [0.717, 1.165) is 5.39 Å². The van der Waals surface area contributed by atoms with E-state index in [0.29, 0.717) is 16.8 Å². The van der Waals surface area contributed by atoms with E-state index < -0.39 is 12.0 Å². The summed E-state index contributed by atoms with van der Waals surface area (Å²) in [5.41, 5.74) is 3.61. The highest BCUT2D eigenvalue weighted by Gasteiger charge is 2.15. The molecule has 0 fully saturated rings. The molecule has 0 aliphatic heterocycles. The Morgan fingerprint density at radius 3 is 2.84 bits per heavy atom. The number of phenolic OH excluding ortho intramolecular Hbond substituents is 1. The number of phenols is 1. The molecule has 1 unspecified atom stereocenters. The number of carbonyl (C=O) groups is 1. The van der Waals surface area contributed by atoms with Gasteiger partial charge < -0.3 is 9.84 Å². The van der Waals surface area contributed by atoms with Crippen molar-refractivity contribution < 1.29 is 14.6 Å². The third-order valence-corrected chi connectivity index (χ3v) is 3.58. The van der Waals surface area contributed by atoms with Crippen LogP contribution in [0, 0.1) is 0 Å². The average Bonchev–Trinajstić information content (AvgIpc) is 2.63. The van der Waals surface area contributed by atoms with Crippen molar-refractivity contribution in [3.05, 3.63) is 66.4 Å². The number of rotatable bonds is 5. The predicted molar refractivity (Wildman–Crippen MR) is 95.7 cm³/mol. The number of fused-ring (bicyclic) bond motifs is 1. The fourth-order valence-corrected chi connectivity index (χ4v) is 2.27. The summed E-state index contributed by atoms with van der Waals surface area (Å²) in [6, 6.07) is 16.0. The number of para-hydroxylation sites is 2. The Hall–Kier alpha value is -3.41. The Labute approximate surface area is 144 Å². The molecule has 126 valence electrons. The molecule has 0 aliphatic rings. The van der Waals surface area contributed by atoms with E-state index in [1.807, 2.05) is 24.3 Å². The number of nitrogens with zero attached hydrogens (tertiary/aromatic N) is 2. The molecule has 0 saturated heterocycles. The van der Waals surface area contributed by atoms with Gasteiger partial charge in [-0.1, -0.05) is 30.3 Å². The number of hydrogen-bond donors (Lipinski definition) is 2. The van der Waals surface area contributed by atoms with Gasteiger partial charge in [0.1, 0.15) is 17.0 Å². The van der Waals surface area contributed by atoms with Gasteiger partial charge in [0.05, 0.1) is 6.21 Å². The van der Waals surface area contributed by atoms with E-state index >= 15 is 0 Å². The number of aromatic nitrogens is 1. The number of ether oxygens (including phenoxy) is 1. The van der Waals surface area contributed by atoms with Gasteiger partial charge in [-0.15, -0.1) is 0 Å². The van der Waals surface area contributed by atoms with Gasteiger partial charge in [0.2, 0.25) is 0 Å². The first-order chi connectivity index (χ1) is 12.1. The van der Waals surface area contributed by atoms with Gasteiger partial charge in [-0.25, -0.2) is 5.43 Å². The van der Waals surface area contributed by atoms with Gasteiger partial charge in [-0.05, 0) is 31.2 Å². The van der Waals surface area contributed by atoms with Crippen molar-refractivity contribution in [2.75, 3.05) is 0 Å². The molecule has 0 radical (unpaired) electrons. The van der Waals surface area contributed by atoms with Crippen molar-refractivity contribution in [3.63, 3.8) is 0 Å². The fraction of sp³-hybridized carbons (Fsp3) is 0.105. The number of amides is 1. The summed E-state index contributed by atoms with van der Waals surface area (Å²) in [5, 5.41) is 14.4. The van der Waals surface area contributed by atoms with Crippen LogP contribution in [0.15, 0.2) is 65.9 Å². The first-order valence-corrected chi connectivity index (χ1v) is 7.76. The molecule has 1 amide bonds. The Morgan fingerprint density at radius 1 is 1.20 bits per heavy atom. The quantitative estimate of drug-likeness (QED) is 0.555. The average molecular weight is 335 g/mol. The first kappa shape index (κ1) is 16.4. The monoisotopic (exact) mass is 335 g/mol. The van der Waals surface area contributed by atoms with E-state index in [2.05, 4.69) is 15.5 Å².